The van der Waals surface area contributed by atoms with Crippen LogP contribution in [0.15, 0.2) is 42.5 Å². The first kappa shape index (κ1) is 20.8. The highest BCUT2D eigenvalue weighted by molar-refractivity contribution is 5.47. The first-order valence-corrected chi connectivity index (χ1v) is 12.2. The van der Waals surface area contributed by atoms with Gasteiger partial charge in [0.2, 0.25) is 0 Å². The van der Waals surface area contributed by atoms with E-state index in [1.165, 1.54) is 75.0 Å². The molecule has 4 nitrogen and oxygen atoms in total. The number of nitrogens with zero attached hydrogens (tertiary/aromatic N) is 2. The maximum Gasteiger partial charge on any atom is 0.119 e. The third-order valence-corrected chi connectivity index (χ3v) is 7.41. The molecule has 2 fully saturated rings. The number of methoxy groups -OCH3 is 1. The van der Waals surface area contributed by atoms with Gasteiger partial charge in [0.05, 0.1) is 13.7 Å². The van der Waals surface area contributed by atoms with E-state index >= 15 is 0 Å². The van der Waals surface area contributed by atoms with Gasteiger partial charge in [-0.2, -0.15) is 0 Å². The maximum absolute atomic E-state index is 6.22. The second-order valence-corrected chi connectivity index (χ2v) is 9.38. The molecular weight excluding hydrogens is 384 g/mol. The highest BCUT2D eigenvalue weighted by Gasteiger charge is 2.36. The fourth-order valence-corrected chi connectivity index (χ4v) is 5.78. The summed E-state index contributed by atoms with van der Waals surface area (Å²) in [7, 11) is 1.75. The van der Waals surface area contributed by atoms with Gasteiger partial charge in [0.1, 0.15) is 11.5 Å². The molecular formula is C27H36N2O2. The molecule has 0 saturated carbocycles. The van der Waals surface area contributed by atoms with E-state index < -0.39 is 0 Å². The Kier molecular flexibility index (Phi) is 6.47. The highest BCUT2D eigenvalue weighted by Crippen LogP contribution is 2.45. The third kappa shape index (κ3) is 4.61. The zero-order valence-electron chi connectivity index (χ0n) is 18.9. The van der Waals surface area contributed by atoms with Gasteiger partial charge in [0, 0.05) is 25.0 Å². The highest BCUT2D eigenvalue weighted by atomic mass is 16.5. The van der Waals surface area contributed by atoms with Crippen LogP contribution < -0.4 is 9.47 Å². The molecule has 2 aromatic carbocycles. The minimum absolute atomic E-state index is 0.396. The summed E-state index contributed by atoms with van der Waals surface area (Å²) in [6, 6.07) is 16.0. The third-order valence-electron chi connectivity index (χ3n) is 7.41. The molecule has 4 heteroatoms. The van der Waals surface area contributed by atoms with Crippen LogP contribution in [0, 0.1) is 0 Å². The van der Waals surface area contributed by atoms with Crippen LogP contribution in [-0.4, -0.2) is 56.2 Å². The summed E-state index contributed by atoms with van der Waals surface area (Å²) < 4.78 is 11.7. The Morgan fingerprint density at radius 1 is 0.903 bits per heavy atom. The molecule has 0 unspecified atom stereocenters. The summed E-state index contributed by atoms with van der Waals surface area (Å²) in [5, 5.41) is 0. The molecule has 3 aliphatic heterocycles. The van der Waals surface area contributed by atoms with Crippen LogP contribution in [0.3, 0.4) is 0 Å². The number of likely N-dealkylation sites (tertiary alicyclic amines) is 1. The van der Waals surface area contributed by atoms with Gasteiger partial charge >= 0.3 is 0 Å². The van der Waals surface area contributed by atoms with Crippen molar-refractivity contribution in [1.29, 1.82) is 0 Å². The molecule has 0 bridgehead atoms. The van der Waals surface area contributed by atoms with Gasteiger partial charge < -0.3 is 14.4 Å². The number of hydrogen-bond donors (Lipinski definition) is 0. The lowest BCUT2D eigenvalue weighted by atomic mass is 9.81. The van der Waals surface area contributed by atoms with Gasteiger partial charge in [-0.1, -0.05) is 24.6 Å². The van der Waals surface area contributed by atoms with Crippen molar-refractivity contribution >= 4 is 0 Å². The SMILES string of the molecule is COc1cccc([C@@H]2CN3CCC[C@H]3c3cc(OCCCN4CCCCC4)ccc32)c1. The normalized spacial score (nSPS) is 23.9. The van der Waals surface area contributed by atoms with E-state index in [0.717, 1.165) is 31.1 Å². The van der Waals surface area contributed by atoms with Crippen LogP contribution in [0.25, 0.3) is 0 Å². The Labute approximate surface area is 187 Å². The molecule has 166 valence electrons. The van der Waals surface area contributed by atoms with Crippen LogP contribution in [-0.2, 0) is 0 Å². The van der Waals surface area contributed by atoms with E-state index in [-0.39, 0.29) is 0 Å². The van der Waals surface area contributed by atoms with E-state index in [9.17, 15) is 0 Å². The molecule has 31 heavy (non-hydrogen) atoms. The van der Waals surface area contributed by atoms with Crippen molar-refractivity contribution in [2.24, 2.45) is 0 Å². The van der Waals surface area contributed by atoms with Crippen molar-refractivity contribution in [3.05, 3.63) is 59.2 Å². The molecule has 3 heterocycles. The number of rotatable bonds is 7. The van der Waals surface area contributed by atoms with Crippen molar-refractivity contribution in [3.63, 3.8) is 0 Å². The zero-order chi connectivity index (χ0) is 21.0. The number of benzene rings is 2. The largest absolute Gasteiger partial charge is 0.497 e. The molecule has 0 aliphatic carbocycles. The van der Waals surface area contributed by atoms with Gasteiger partial charge in [-0.3, -0.25) is 4.90 Å². The second-order valence-electron chi connectivity index (χ2n) is 9.38. The first-order valence-electron chi connectivity index (χ1n) is 12.2. The Hall–Kier alpha value is -2.04. The van der Waals surface area contributed by atoms with Crippen LogP contribution >= 0.6 is 0 Å². The molecule has 2 saturated heterocycles. The van der Waals surface area contributed by atoms with Gasteiger partial charge in [-0.25, -0.2) is 0 Å². The predicted molar refractivity (Wildman–Crippen MR) is 125 cm³/mol. The fourth-order valence-electron chi connectivity index (χ4n) is 5.78. The van der Waals surface area contributed by atoms with Crippen LogP contribution in [0.4, 0.5) is 0 Å². The summed E-state index contributed by atoms with van der Waals surface area (Å²) in [5.41, 5.74) is 4.29. The van der Waals surface area contributed by atoms with Crippen molar-refractivity contribution in [2.45, 2.75) is 50.5 Å². The topological polar surface area (TPSA) is 24.9 Å². The fraction of sp³-hybridized carbons (Fsp3) is 0.556. The van der Waals surface area contributed by atoms with Crippen molar-refractivity contribution in [1.82, 2.24) is 9.80 Å². The minimum atomic E-state index is 0.396. The van der Waals surface area contributed by atoms with E-state index in [1.54, 1.807) is 7.11 Å². The number of hydrogen-bond acceptors (Lipinski definition) is 4. The Morgan fingerprint density at radius 2 is 1.81 bits per heavy atom. The number of ether oxygens (including phenoxy) is 2. The lowest BCUT2D eigenvalue weighted by molar-refractivity contribution is 0.204. The van der Waals surface area contributed by atoms with Gasteiger partial charge in [0.15, 0.2) is 0 Å². The lowest BCUT2D eigenvalue weighted by Crippen LogP contribution is -2.34. The van der Waals surface area contributed by atoms with Crippen molar-refractivity contribution in [2.75, 3.05) is 46.4 Å². The molecule has 0 aromatic heterocycles. The zero-order valence-corrected chi connectivity index (χ0v) is 18.9. The minimum Gasteiger partial charge on any atom is -0.497 e. The lowest BCUT2D eigenvalue weighted by Gasteiger charge is -2.37. The van der Waals surface area contributed by atoms with Crippen LogP contribution in [0.1, 0.15) is 67.2 Å². The van der Waals surface area contributed by atoms with Crippen molar-refractivity contribution < 1.29 is 9.47 Å². The summed E-state index contributed by atoms with van der Waals surface area (Å²) in [6.07, 6.45) is 7.78. The maximum atomic E-state index is 6.22. The smallest absolute Gasteiger partial charge is 0.119 e. The Balaban J connectivity index is 1.31. The van der Waals surface area contributed by atoms with E-state index in [1.807, 2.05) is 6.07 Å². The van der Waals surface area contributed by atoms with E-state index in [0.29, 0.717) is 12.0 Å². The molecule has 2 atom stereocenters. The Bertz CT molecular complexity index is 877. The number of piperidine rings is 1. The van der Waals surface area contributed by atoms with E-state index in [4.69, 9.17) is 9.47 Å². The molecule has 0 N–H and O–H groups in total. The molecule has 5 rings (SSSR count). The molecule has 2 aromatic rings. The summed E-state index contributed by atoms with van der Waals surface area (Å²) in [5.74, 6) is 2.37. The first-order chi connectivity index (χ1) is 15.3. The molecule has 0 spiro atoms. The summed E-state index contributed by atoms with van der Waals surface area (Å²) in [4.78, 5) is 5.27. The Morgan fingerprint density at radius 3 is 2.68 bits per heavy atom. The van der Waals surface area contributed by atoms with Crippen LogP contribution in [0.5, 0.6) is 11.5 Å². The van der Waals surface area contributed by atoms with Crippen molar-refractivity contribution in [3.8, 4) is 11.5 Å². The average molecular weight is 421 g/mol. The van der Waals surface area contributed by atoms with Gasteiger partial charge in [-0.15, -0.1) is 0 Å². The monoisotopic (exact) mass is 420 g/mol. The van der Waals surface area contributed by atoms with E-state index in [2.05, 4.69) is 46.2 Å². The summed E-state index contributed by atoms with van der Waals surface area (Å²) in [6.45, 7) is 6.80. The molecule has 3 aliphatic rings. The quantitative estimate of drug-likeness (QED) is 0.573. The standard InChI is InChI=1S/C27H36N2O2/c1-30-22-9-5-8-21(18-22)26-20-29-16-6-10-27(29)25-19-23(11-12-24(25)26)31-17-7-15-28-13-3-2-4-14-28/h5,8-9,11-12,18-19,26-27H,2-4,6-7,10,13-17,20H2,1H3/t26-,27-/m0/s1. The predicted octanol–water partition coefficient (Wildman–Crippen LogP) is 5.23. The summed E-state index contributed by atoms with van der Waals surface area (Å²) >= 11 is 0. The molecule has 0 radical (unpaired) electrons. The van der Waals surface area contributed by atoms with Gasteiger partial charge in [0.25, 0.3) is 0 Å². The number of fused-ring (bicyclic) bond motifs is 3. The van der Waals surface area contributed by atoms with Crippen LogP contribution in [0.2, 0.25) is 0 Å². The molecule has 0 amide bonds. The van der Waals surface area contributed by atoms with Gasteiger partial charge in [-0.05, 0) is 92.7 Å². The second kappa shape index (κ2) is 9.62. The average Bonchev–Trinajstić information content (AvgIpc) is 3.31.